The molecule has 1 atom stereocenters. The van der Waals surface area contributed by atoms with Gasteiger partial charge < -0.3 is 20.2 Å². The topological polar surface area (TPSA) is 74.5 Å². The molecular formula is C18H24N2O3. The molecule has 0 radical (unpaired) electrons. The largest absolute Gasteiger partial charge is 0.466 e. The number of aliphatic hydroxyl groups is 1. The summed E-state index contributed by atoms with van der Waals surface area (Å²) in [5, 5.41) is 15.9. The van der Waals surface area contributed by atoms with Crippen molar-refractivity contribution < 1.29 is 14.3 Å². The van der Waals surface area contributed by atoms with Crippen LogP contribution in [-0.2, 0) is 5.60 Å². The Hall–Kier alpha value is -2.27. The van der Waals surface area contributed by atoms with Gasteiger partial charge in [-0.05, 0) is 43.0 Å². The first kappa shape index (κ1) is 17.1. The number of carbonyl (C=O) groups excluding carboxylic acids is 1. The van der Waals surface area contributed by atoms with Gasteiger partial charge in [0.15, 0.2) is 0 Å². The molecular weight excluding hydrogens is 292 g/mol. The van der Waals surface area contributed by atoms with Crippen molar-refractivity contribution in [3.8, 4) is 0 Å². The van der Waals surface area contributed by atoms with Gasteiger partial charge in [0.2, 0.25) is 0 Å². The second kappa shape index (κ2) is 6.87. The molecule has 1 unspecified atom stereocenters. The Balaban J connectivity index is 2.04. The molecule has 0 aliphatic carbocycles. The van der Waals surface area contributed by atoms with Gasteiger partial charge in [0.05, 0.1) is 12.8 Å². The number of nitrogens with one attached hydrogen (secondary N) is 2. The lowest BCUT2D eigenvalue weighted by Crippen LogP contribution is -2.40. The van der Waals surface area contributed by atoms with Crippen LogP contribution in [0.1, 0.15) is 43.6 Å². The van der Waals surface area contributed by atoms with Crippen LogP contribution in [0.3, 0.4) is 0 Å². The lowest BCUT2D eigenvalue weighted by molar-refractivity contribution is 0.0372. The summed E-state index contributed by atoms with van der Waals surface area (Å²) in [6.45, 7) is 7.77. The molecule has 23 heavy (non-hydrogen) atoms. The van der Waals surface area contributed by atoms with Crippen LogP contribution in [-0.4, -0.2) is 17.7 Å². The number of carbonyl (C=O) groups is 1. The molecule has 0 fully saturated rings. The SMILES string of the molecule is Cc1cccc(C(C)C)c1NC(=O)NCC(C)(O)c1ccco1. The van der Waals surface area contributed by atoms with E-state index in [9.17, 15) is 9.90 Å². The quantitative estimate of drug-likeness (QED) is 0.786. The summed E-state index contributed by atoms with van der Waals surface area (Å²) in [7, 11) is 0. The van der Waals surface area contributed by atoms with Crippen LogP contribution >= 0.6 is 0 Å². The maximum absolute atomic E-state index is 12.2. The molecule has 2 aromatic rings. The van der Waals surface area contributed by atoms with E-state index >= 15 is 0 Å². The number of aryl methyl sites for hydroxylation is 1. The predicted molar refractivity (Wildman–Crippen MR) is 90.6 cm³/mol. The summed E-state index contributed by atoms with van der Waals surface area (Å²) in [6.07, 6.45) is 1.49. The minimum absolute atomic E-state index is 0.0508. The number of hydrogen-bond donors (Lipinski definition) is 3. The highest BCUT2D eigenvalue weighted by Gasteiger charge is 2.27. The van der Waals surface area contributed by atoms with E-state index in [2.05, 4.69) is 24.5 Å². The van der Waals surface area contributed by atoms with Gasteiger partial charge in [-0.1, -0.05) is 32.0 Å². The number of furan rings is 1. The van der Waals surface area contributed by atoms with E-state index in [0.29, 0.717) is 11.7 Å². The van der Waals surface area contributed by atoms with E-state index in [0.717, 1.165) is 16.8 Å². The molecule has 1 heterocycles. The standard InChI is InChI=1S/C18H24N2O3/c1-12(2)14-8-5-7-13(3)16(14)20-17(21)19-11-18(4,22)15-9-6-10-23-15/h5-10,12,22H,11H2,1-4H3,(H2,19,20,21). The number of anilines is 1. The number of hydrogen-bond acceptors (Lipinski definition) is 3. The third-order valence-corrected chi connectivity index (χ3v) is 3.81. The van der Waals surface area contributed by atoms with Gasteiger partial charge in [0, 0.05) is 5.69 Å². The van der Waals surface area contributed by atoms with Gasteiger partial charge in [0.1, 0.15) is 11.4 Å². The number of amides is 2. The Morgan fingerprint density at radius 2 is 2.04 bits per heavy atom. The third kappa shape index (κ3) is 4.13. The first-order valence-corrected chi connectivity index (χ1v) is 7.72. The minimum atomic E-state index is -1.26. The predicted octanol–water partition coefficient (Wildman–Crippen LogP) is 3.74. The van der Waals surface area contributed by atoms with Crippen molar-refractivity contribution in [2.24, 2.45) is 0 Å². The molecule has 0 aliphatic rings. The van der Waals surface area contributed by atoms with E-state index < -0.39 is 5.60 Å². The van der Waals surface area contributed by atoms with Crippen LogP contribution in [0, 0.1) is 6.92 Å². The molecule has 3 N–H and O–H groups in total. The van der Waals surface area contributed by atoms with Gasteiger partial charge in [0.25, 0.3) is 0 Å². The first-order valence-electron chi connectivity index (χ1n) is 7.72. The summed E-state index contributed by atoms with van der Waals surface area (Å²) in [4.78, 5) is 12.2. The zero-order chi connectivity index (χ0) is 17.0. The summed E-state index contributed by atoms with van der Waals surface area (Å²) in [5.74, 6) is 0.716. The van der Waals surface area contributed by atoms with Crippen LogP contribution in [0.5, 0.6) is 0 Å². The fraction of sp³-hybridized carbons (Fsp3) is 0.389. The minimum Gasteiger partial charge on any atom is -0.466 e. The third-order valence-electron chi connectivity index (χ3n) is 3.81. The number of para-hydroxylation sites is 1. The zero-order valence-corrected chi connectivity index (χ0v) is 14.0. The second-order valence-electron chi connectivity index (χ2n) is 6.25. The number of benzene rings is 1. The highest BCUT2D eigenvalue weighted by atomic mass is 16.4. The molecule has 5 nitrogen and oxygen atoms in total. The fourth-order valence-corrected chi connectivity index (χ4v) is 2.42. The molecule has 124 valence electrons. The number of urea groups is 1. The fourth-order valence-electron chi connectivity index (χ4n) is 2.42. The average molecular weight is 316 g/mol. The maximum atomic E-state index is 12.2. The molecule has 1 aromatic carbocycles. The first-order chi connectivity index (χ1) is 10.8. The van der Waals surface area contributed by atoms with Crippen molar-refractivity contribution in [2.45, 2.75) is 39.2 Å². The van der Waals surface area contributed by atoms with Gasteiger partial charge in [-0.25, -0.2) is 4.79 Å². The molecule has 0 saturated carbocycles. The van der Waals surface area contributed by atoms with Gasteiger partial charge in [-0.3, -0.25) is 0 Å². The lowest BCUT2D eigenvalue weighted by Gasteiger charge is -2.22. The Kier molecular flexibility index (Phi) is 5.11. The van der Waals surface area contributed by atoms with Gasteiger partial charge in [-0.2, -0.15) is 0 Å². The molecule has 0 bridgehead atoms. The van der Waals surface area contributed by atoms with Gasteiger partial charge >= 0.3 is 6.03 Å². The van der Waals surface area contributed by atoms with Crippen molar-refractivity contribution in [3.63, 3.8) is 0 Å². The van der Waals surface area contributed by atoms with Crippen LogP contribution in [0.15, 0.2) is 41.0 Å². The second-order valence-corrected chi connectivity index (χ2v) is 6.25. The summed E-state index contributed by atoms with van der Waals surface area (Å²) >= 11 is 0. The summed E-state index contributed by atoms with van der Waals surface area (Å²) in [5.41, 5.74) is 1.65. The molecule has 0 aliphatic heterocycles. The van der Waals surface area contributed by atoms with E-state index in [1.807, 2.05) is 25.1 Å². The molecule has 0 saturated heterocycles. The van der Waals surface area contributed by atoms with Crippen molar-refractivity contribution in [2.75, 3.05) is 11.9 Å². The van der Waals surface area contributed by atoms with E-state index in [1.54, 1.807) is 19.1 Å². The van der Waals surface area contributed by atoms with Gasteiger partial charge in [-0.15, -0.1) is 0 Å². The highest BCUT2D eigenvalue weighted by molar-refractivity contribution is 5.91. The smallest absolute Gasteiger partial charge is 0.319 e. The van der Waals surface area contributed by atoms with Crippen molar-refractivity contribution in [1.29, 1.82) is 0 Å². The maximum Gasteiger partial charge on any atom is 0.319 e. The molecule has 5 heteroatoms. The highest BCUT2D eigenvalue weighted by Crippen LogP contribution is 2.27. The van der Waals surface area contributed by atoms with E-state index in [4.69, 9.17) is 4.42 Å². The normalized spacial score (nSPS) is 13.7. The van der Waals surface area contributed by atoms with Crippen LogP contribution in [0.25, 0.3) is 0 Å². The monoisotopic (exact) mass is 316 g/mol. The Morgan fingerprint density at radius 1 is 1.30 bits per heavy atom. The summed E-state index contributed by atoms with van der Waals surface area (Å²) < 4.78 is 5.20. The summed E-state index contributed by atoms with van der Waals surface area (Å²) in [6, 6.07) is 8.97. The van der Waals surface area contributed by atoms with Crippen LogP contribution in [0.2, 0.25) is 0 Å². The van der Waals surface area contributed by atoms with Crippen molar-refractivity contribution >= 4 is 11.7 Å². The zero-order valence-electron chi connectivity index (χ0n) is 14.0. The number of rotatable bonds is 5. The molecule has 1 aromatic heterocycles. The Bertz CT molecular complexity index is 661. The average Bonchev–Trinajstić information content (AvgIpc) is 3.02. The van der Waals surface area contributed by atoms with Crippen molar-refractivity contribution in [1.82, 2.24) is 5.32 Å². The van der Waals surface area contributed by atoms with E-state index in [-0.39, 0.29) is 12.6 Å². The van der Waals surface area contributed by atoms with E-state index in [1.165, 1.54) is 6.26 Å². The Morgan fingerprint density at radius 3 is 2.65 bits per heavy atom. The Labute approximate surface area is 136 Å². The molecule has 2 amide bonds. The van der Waals surface area contributed by atoms with Crippen LogP contribution < -0.4 is 10.6 Å². The lowest BCUT2D eigenvalue weighted by atomic mass is 9.98. The molecule has 0 spiro atoms. The molecule has 2 rings (SSSR count). The van der Waals surface area contributed by atoms with Crippen molar-refractivity contribution in [3.05, 3.63) is 53.5 Å². The van der Waals surface area contributed by atoms with Crippen LogP contribution in [0.4, 0.5) is 10.5 Å².